The Labute approximate surface area is 143 Å². The molecule has 0 unspecified atom stereocenters. The van der Waals surface area contributed by atoms with Gasteiger partial charge < -0.3 is 10.6 Å². The van der Waals surface area contributed by atoms with E-state index in [9.17, 15) is 9.59 Å². The minimum atomic E-state index is -0.159. The normalized spacial score (nSPS) is 10.5. The van der Waals surface area contributed by atoms with Gasteiger partial charge in [-0.2, -0.15) is 0 Å². The monoisotopic (exact) mass is 324 g/mol. The van der Waals surface area contributed by atoms with Gasteiger partial charge in [0.05, 0.1) is 0 Å². The highest BCUT2D eigenvalue weighted by atomic mass is 16.2. The lowest BCUT2D eigenvalue weighted by atomic mass is 10.0. The molecule has 4 heteroatoms. The number of anilines is 1. The predicted octanol–water partition coefficient (Wildman–Crippen LogP) is 3.88. The Hall–Kier alpha value is -2.62. The van der Waals surface area contributed by atoms with Crippen LogP contribution < -0.4 is 10.6 Å². The average molecular weight is 324 g/mol. The molecule has 0 radical (unpaired) electrons. The van der Waals surface area contributed by atoms with Gasteiger partial charge in [-0.3, -0.25) is 9.59 Å². The second-order valence-electron chi connectivity index (χ2n) is 6.20. The molecule has 0 fully saturated rings. The highest BCUT2D eigenvalue weighted by Gasteiger charge is 2.07. The van der Waals surface area contributed by atoms with E-state index in [0.717, 1.165) is 11.3 Å². The second-order valence-corrected chi connectivity index (χ2v) is 6.20. The number of hydrogen-bond donors (Lipinski definition) is 2. The Balaban J connectivity index is 1.78. The molecule has 126 valence electrons. The number of hydrogen-bond acceptors (Lipinski definition) is 2. The summed E-state index contributed by atoms with van der Waals surface area (Å²) >= 11 is 0. The number of aryl methyl sites for hydroxylation is 1. The van der Waals surface area contributed by atoms with Crippen LogP contribution in [0.1, 0.15) is 47.7 Å². The van der Waals surface area contributed by atoms with Gasteiger partial charge in [-0.1, -0.05) is 43.7 Å². The van der Waals surface area contributed by atoms with E-state index in [1.807, 2.05) is 49.4 Å². The van der Waals surface area contributed by atoms with Gasteiger partial charge in [-0.25, -0.2) is 0 Å². The van der Waals surface area contributed by atoms with Crippen molar-refractivity contribution in [3.63, 3.8) is 0 Å². The van der Waals surface area contributed by atoms with Crippen LogP contribution in [0.25, 0.3) is 0 Å². The Bertz CT molecular complexity index is 706. The second kappa shape index (κ2) is 8.29. The van der Waals surface area contributed by atoms with Crippen molar-refractivity contribution in [2.24, 2.45) is 0 Å². The average Bonchev–Trinajstić information content (AvgIpc) is 2.55. The summed E-state index contributed by atoms with van der Waals surface area (Å²) in [5.74, 6) is 0.191. The summed E-state index contributed by atoms with van der Waals surface area (Å²) in [4.78, 5) is 23.9. The highest BCUT2D eigenvalue weighted by molar-refractivity contribution is 5.95. The summed E-state index contributed by atoms with van der Waals surface area (Å²) in [6.45, 7) is 6.51. The number of amides is 2. The molecule has 0 aliphatic carbocycles. The molecule has 0 atom stereocenters. The summed E-state index contributed by atoms with van der Waals surface area (Å²) in [6.07, 6.45) is 0.240. The quantitative estimate of drug-likeness (QED) is 0.847. The molecule has 0 spiro atoms. The van der Waals surface area contributed by atoms with Crippen molar-refractivity contribution >= 4 is 17.5 Å². The zero-order chi connectivity index (χ0) is 17.5. The summed E-state index contributed by atoms with van der Waals surface area (Å²) in [7, 11) is 0. The Morgan fingerprint density at radius 2 is 1.75 bits per heavy atom. The molecule has 2 aromatic carbocycles. The van der Waals surface area contributed by atoms with E-state index in [1.165, 1.54) is 5.56 Å². The number of carbonyl (C=O) groups is 2. The predicted molar refractivity (Wildman–Crippen MR) is 97.3 cm³/mol. The van der Waals surface area contributed by atoms with E-state index >= 15 is 0 Å². The fourth-order valence-electron chi connectivity index (χ4n) is 2.35. The summed E-state index contributed by atoms with van der Waals surface area (Å²) in [5.41, 5.74) is 3.65. The Kier molecular flexibility index (Phi) is 6.13. The maximum Gasteiger partial charge on any atom is 0.251 e. The zero-order valence-electron chi connectivity index (χ0n) is 14.4. The minimum Gasteiger partial charge on any atom is -0.352 e. The van der Waals surface area contributed by atoms with Crippen LogP contribution in [0.2, 0.25) is 0 Å². The van der Waals surface area contributed by atoms with Crippen molar-refractivity contribution in [2.75, 3.05) is 11.9 Å². The van der Waals surface area contributed by atoms with Gasteiger partial charge in [0.2, 0.25) is 5.91 Å². The van der Waals surface area contributed by atoms with Crippen LogP contribution in [0, 0.1) is 6.92 Å². The minimum absolute atomic E-state index is 0.114. The summed E-state index contributed by atoms with van der Waals surface area (Å²) < 4.78 is 0. The van der Waals surface area contributed by atoms with Gasteiger partial charge in [-0.15, -0.1) is 0 Å². The number of nitrogens with one attached hydrogen (secondary N) is 2. The molecule has 2 N–H and O–H groups in total. The topological polar surface area (TPSA) is 58.2 Å². The molecule has 0 aromatic heterocycles. The summed E-state index contributed by atoms with van der Waals surface area (Å²) in [6, 6.07) is 15.2. The standard InChI is InChI=1S/C20H24N2O2/c1-14(2)16-7-9-18(10-8-16)22-19(23)11-12-21-20(24)17-6-4-5-15(3)13-17/h4-10,13-14H,11-12H2,1-3H3,(H,21,24)(H,22,23). The van der Waals surface area contributed by atoms with Crippen LogP contribution in [0.5, 0.6) is 0 Å². The first-order chi connectivity index (χ1) is 11.5. The van der Waals surface area contributed by atoms with Crippen LogP contribution in [0.15, 0.2) is 48.5 Å². The fraction of sp³-hybridized carbons (Fsp3) is 0.300. The molecular formula is C20H24N2O2. The summed E-state index contributed by atoms with van der Waals surface area (Å²) in [5, 5.41) is 5.61. The van der Waals surface area contributed by atoms with Gasteiger partial charge >= 0.3 is 0 Å². The maximum atomic E-state index is 12.0. The van der Waals surface area contributed by atoms with E-state index in [4.69, 9.17) is 0 Å². The number of carbonyl (C=O) groups excluding carboxylic acids is 2. The van der Waals surface area contributed by atoms with Crippen LogP contribution in [0.3, 0.4) is 0 Å². The molecule has 0 aliphatic heterocycles. The van der Waals surface area contributed by atoms with Gasteiger partial charge in [0.1, 0.15) is 0 Å². The first kappa shape index (κ1) is 17.7. The van der Waals surface area contributed by atoms with Crippen LogP contribution >= 0.6 is 0 Å². The molecule has 0 saturated heterocycles. The van der Waals surface area contributed by atoms with Crippen molar-refractivity contribution in [1.82, 2.24) is 5.32 Å². The molecular weight excluding hydrogens is 300 g/mol. The molecule has 2 aromatic rings. The third-order valence-corrected chi connectivity index (χ3v) is 3.78. The van der Waals surface area contributed by atoms with Crippen molar-refractivity contribution in [1.29, 1.82) is 0 Å². The lowest BCUT2D eigenvalue weighted by Crippen LogP contribution is -2.27. The van der Waals surface area contributed by atoms with Crippen LogP contribution in [-0.4, -0.2) is 18.4 Å². The zero-order valence-corrected chi connectivity index (χ0v) is 14.4. The van der Waals surface area contributed by atoms with Crippen LogP contribution in [-0.2, 0) is 4.79 Å². The molecule has 2 rings (SSSR count). The molecule has 2 amide bonds. The Morgan fingerprint density at radius 1 is 1.04 bits per heavy atom. The van der Waals surface area contributed by atoms with E-state index in [2.05, 4.69) is 24.5 Å². The van der Waals surface area contributed by atoms with Gasteiger partial charge in [0.15, 0.2) is 0 Å². The van der Waals surface area contributed by atoms with E-state index in [0.29, 0.717) is 18.0 Å². The maximum absolute atomic E-state index is 12.0. The number of benzene rings is 2. The van der Waals surface area contributed by atoms with Crippen molar-refractivity contribution in [3.05, 3.63) is 65.2 Å². The third-order valence-electron chi connectivity index (χ3n) is 3.78. The third kappa shape index (κ3) is 5.23. The van der Waals surface area contributed by atoms with Crippen molar-refractivity contribution in [2.45, 2.75) is 33.1 Å². The SMILES string of the molecule is Cc1cccc(C(=O)NCCC(=O)Nc2ccc(C(C)C)cc2)c1. The lowest BCUT2D eigenvalue weighted by Gasteiger charge is -2.09. The molecule has 0 bridgehead atoms. The first-order valence-electron chi connectivity index (χ1n) is 8.20. The number of rotatable bonds is 6. The molecule has 24 heavy (non-hydrogen) atoms. The fourth-order valence-corrected chi connectivity index (χ4v) is 2.35. The van der Waals surface area contributed by atoms with Crippen LogP contribution in [0.4, 0.5) is 5.69 Å². The smallest absolute Gasteiger partial charge is 0.251 e. The van der Waals surface area contributed by atoms with Gasteiger partial charge in [0.25, 0.3) is 5.91 Å². The van der Waals surface area contributed by atoms with E-state index in [-0.39, 0.29) is 18.2 Å². The van der Waals surface area contributed by atoms with E-state index in [1.54, 1.807) is 6.07 Å². The largest absolute Gasteiger partial charge is 0.352 e. The van der Waals surface area contributed by atoms with Gasteiger partial charge in [0, 0.05) is 24.2 Å². The van der Waals surface area contributed by atoms with Crippen molar-refractivity contribution in [3.8, 4) is 0 Å². The van der Waals surface area contributed by atoms with Gasteiger partial charge in [-0.05, 0) is 42.7 Å². The van der Waals surface area contributed by atoms with E-state index < -0.39 is 0 Å². The highest BCUT2D eigenvalue weighted by Crippen LogP contribution is 2.17. The molecule has 0 saturated carbocycles. The van der Waals surface area contributed by atoms with Crippen molar-refractivity contribution < 1.29 is 9.59 Å². The lowest BCUT2D eigenvalue weighted by molar-refractivity contribution is -0.116. The first-order valence-corrected chi connectivity index (χ1v) is 8.20. The molecule has 0 aliphatic rings. The molecule has 0 heterocycles. The Morgan fingerprint density at radius 3 is 2.38 bits per heavy atom. The molecule has 4 nitrogen and oxygen atoms in total.